The Balaban J connectivity index is 3.20. The zero-order valence-corrected chi connectivity index (χ0v) is 10.4. The molecular weight excluding hydrogens is 252 g/mol. The smallest absolute Gasteiger partial charge is 0.220 e. The zero-order chi connectivity index (χ0) is 12.3. The van der Waals surface area contributed by atoms with Gasteiger partial charge in [0, 0.05) is 12.1 Å². The fourth-order valence-corrected chi connectivity index (χ4v) is 2.84. The van der Waals surface area contributed by atoms with Crippen LogP contribution in [0.2, 0.25) is 5.02 Å². The summed E-state index contributed by atoms with van der Waals surface area (Å²) in [5.74, 6) is -0.558. The maximum atomic E-state index is 11.9. The maximum absolute atomic E-state index is 11.9. The summed E-state index contributed by atoms with van der Waals surface area (Å²) in [7, 11) is -2.62. The second-order valence-electron chi connectivity index (χ2n) is 3.18. The number of halogens is 1. The van der Waals surface area contributed by atoms with Gasteiger partial charge in [-0.1, -0.05) is 11.6 Å². The van der Waals surface area contributed by atoms with Gasteiger partial charge in [-0.25, -0.2) is 8.42 Å². The molecule has 1 rings (SSSR count). The van der Waals surface area contributed by atoms with Crippen LogP contribution in [0.3, 0.4) is 0 Å². The highest BCUT2D eigenvalue weighted by Crippen LogP contribution is 2.19. The average molecular weight is 263 g/mol. The Hall–Kier alpha value is -0.910. The van der Waals surface area contributed by atoms with E-state index in [0.29, 0.717) is 5.02 Å². The number of ketones is 1. The molecule has 0 radical (unpaired) electrons. The molecule has 1 atom stereocenters. The summed E-state index contributed by atoms with van der Waals surface area (Å²) in [6.45, 7) is 1.17. The molecule has 0 aliphatic carbocycles. The van der Waals surface area contributed by atoms with E-state index in [-0.39, 0.29) is 4.90 Å². The molecule has 88 valence electrons. The average Bonchev–Trinajstić information content (AvgIpc) is 2.18. The predicted octanol–water partition coefficient (Wildman–Crippen LogP) is 1.68. The van der Waals surface area contributed by atoms with E-state index in [9.17, 15) is 13.2 Å². The van der Waals surface area contributed by atoms with Crippen LogP contribution in [0.4, 0.5) is 0 Å². The molecule has 0 bridgehead atoms. The summed E-state index contributed by atoms with van der Waals surface area (Å²) >= 11 is 5.64. The first kappa shape index (κ1) is 13.2. The molecule has 0 aromatic heterocycles. The number of ether oxygens (including phenoxy) is 1. The minimum absolute atomic E-state index is 0.0129. The van der Waals surface area contributed by atoms with Crippen molar-refractivity contribution in [2.45, 2.75) is 17.3 Å². The van der Waals surface area contributed by atoms with Crippen LogP contribution >= 0.6 is 11.6 Å². The van der Waals surface area contributed by atoms with Crippen molar-refractivity contribution in [3.05, 3.63) is 29.3 Å². The Morgan fingerprint density at radius 2 is 1.81 bits per heavy atom. The molecule has 0 fully saturated rings. The first-order valence-electron chi connectivity index (χ1n) is 4.42. The second-order valence-corrected chi connectivity index (χ2v) is 5.60. The zero-order valence-electron chi connectivity index (χ0n) is 8.81. The van der Waals surface area contributed by atoms with Crippen molar-refractivity contribution in [2.75, 3.05) is 7.11 Å². The van der Waals surface area contributed by atoms with Gasteiger partial charge in [-0.05, 0) is 31.2 Å². The van der Waals surface area contributed by atoms with Crippen molar-refractivity contribution in [3.63, 3.8) is 0 Å². The number of methoxy groups -OCH3 is 1. The van der Waals surface area contributed by atoms with E-state index in [1.165, 1.54) is 38.3 Å². The van der Waals surface area contributed by atoms with Crippen LogP contribution in [0, 0.1) is 0 Å². The quantitative estimate of drug-likeness (QED) is 0.828. The van der Waals surface area contributed by atoms with Crippen molar-refractivity contribution in [1.29, 1.82) is 0 Å². The third kappa shape index (κ3) is 2.61. The minimum atomic E-state index is -3.80. The van der Waals surface area contributed by atoms with Gasteiger partial charge in [0.2, 0.25) is 15.3 Å². The summed E-state index contributed by atoms with van der Waals surface area (Å²) in [6, 6.07) is 5.57. The van der Waals surface area contributed by atoms with Gasteiger partial charge < -0.3 is 4.74 Å². The van der Waals surface area contributed by atoms with E-state index < -0.39 is 21.1 Å². The molecule has 0 saturated heterocycles. The van der Waals surface area contributed by atoms with Crippen LogP contribution in [0.1, 0.15) is 6.92 Å². The second kappa shape index (κ2) is 4.95. The largest absolute Gasteiger partial charge is 0.358 e. The first-order chi connectivity index (χ1) is 7.39. The monoisotopic (exact) mass is 262 g/mol. The molecule has 0 aliphatic rings. The normalized spacial score (nSPS) is 13.4. The van der Waals surface area contributed by atoms with E-state index in [1.807, 2.05) is 0 Å². The highest BCUT2D eigenvalue weighted by Gasteiger charge is 2.31. The van der Waals surface area contributed by atoms with Crippen LogP contribution in [-0.2, 0) is 19.4 Å². The Labute approximate surface area is 99.1 Å². The lowest BCUT2D eigenvalue weighted by Crippen LogP contribution is -2.30. The topological polar surface area (TPSA) is 60.4 Å². The Kier molecular flexibility index (Phi) is 4.07. The number of sulfone groups is 1. The molecule has 0 saturated carbocycles. The van der Waals surface area contributed by atoms with Crippen LogP contribution < -0.4 is 0 Å². The molecule has 0 N–H and O–H groups in total. The third-order valence-corrected chi connectivity index (χ3v) is 4.24. The van der Waals surface area contributed by atoms with Crippen molar-refractivity contribution >= 4 is 27.2 Å². The minimum Gasteiger partial charge on any atom is -0.358 e. The molecule has 1 aromatic carbocycles. The standard InChI is InChI=1S/C10H11ClO4S/c1-7(12)10(15-2)16(13,14)9-5-3-8(11)4-6-9/h3-6,10H,1-2H3. The predicted molar refractivity (Wildman–Crippen MR) is 60.1 cm³/mol. The Bertz CT molecular complexity index is 478. The van der Waals surface area contributed by atoms with Gasteiger partial charge in [0.15, 0.2) is 5.78 Å². The number of carbonyl (C=O) groups is 1. The lowest BCUT2D eigenvalue weighted by atomic mass is 10.4. The molecule has 6 heteroatoms. The molecule has 16 heavy (non-hydrogen) atoms. The Morgan fingerprint density at radius 1 is 1.31 bits per heavy atom. The van der Waals surface area contributed by atoms with Crippen LogP contribution in [-0.4, -0.2) is 26.7 Å². The number of rotatable bonds is 4. The fraction of sp³-hybridized carbons (Fsp3) is 0.300. The molecule has 0 spiro atoms. The van der Waals surface area contributed by atoms with E-state index in [4.69, 9.17) is 16.3 Å². The van der Waals surface area contributed by atoms with E-state index in [2.05, 4.69) is 0 Å². The summed E-state index contributed by atoms with van der Waals surface area (Å²) in [5.41, 5.74) is -1.46. The summed E-state index contributed by atoms with van der Waals surface area (Å²) in [5, 5.41) is 0.427. The van der Waals surface area contributed by atoms with Crippen LogP contribution in [0.15, 0.2) is 29.2 Å². The van der Waals surface area contributed by atoms with Gasteiger partial charge in [0.1, 0.15) is 0 Å². The van der Waals surface area contributed by atoms with Gasteiger partial charge in [0.25, 0.3) is 0 Å². The van der Waals surface area contributed by atoms with Gasteiger partial charge in [-0.3, -0.25) is 4.79 Å². The van der Waals surface area contributed by atoms with Crippen molar-refractivity contribution in [2.24, 2.45) is 0 Å². The van der Waals surface area contributed by atoms with Crippen LogP contribution in [0.25, 0.3) is 0 Å². The lowest BCUT2D eigenvalue weighted by Gasteiger charge is -2.12. The van der Waals surface area contributed by atoms with Crippen molar-refractivity contribution in [1.82, 2.24) is 0 Å². The third-order valence-electron chi connectivity index (χ3n) is 1.97. The SMILES string of the molecule is COC(C(C)=O)S(=O)(=O)c1ccc(Cl)cc1. The van der Waals surface area contributed by atoms with Crippen molar-refractivity contribution in [3.8, 4) is 0 Å². The van der Waals surface area contributed by atoms with Gasteiger partial charge in [-0.2, -0.15) is 0 Å². The summed E-state index contributed by atoms with van der Waals surface area (Å²) in [6.07, 6.45) is 0. The fourth-order valence-electron chi connectivity index (χ4n) is 1.26. The van der Waals surface area contributed by atoms with Crippen LogP contribution in [0.5, 0.6) is 0 Å². The van der Waals surface area contributed by atoms with Crippen molar-refractivity contribution < 1.29 is 17.9 Å². The summed E-state index contributed by atoms with van der Waals surface area (Å²) < 4.78 is 28.5. The van der Waals surface area contributed by atoms with Gasteiger partial charge in [0.05, 0.1) is 4.90 Å². The molecule has 1 unspecified atom stereocenters. The molecule has 0 aliphatic heterocycles. The maximum Gasteiger partial charge on any atom is 0.220 e. The molecule has 1 aromatic rings. The molecule has 4 nitrogen and oxygen atoms in total. The highest BCUT2D eigenvalue weighted by atomic mass is 35.5. The molecular formula is C10H11ClO4S. The van der Waals surface area contributed by atoms with Gasteiger partial charge in [-0.15, -0.1) is 0 Å². The van der Waals surface area contributed by atoms with Gasteiger partial charge >= 0.3 is 0 Å². The van der Waals surface area contributed by atoms with E-state index in [1.54, 1.807) is 0 Å². The number of hydrogen-bond donors (Lipinski definition) is 0. The van der Waals surface area contributed by atoms with E-state index in [0.717, 1.165) is 0 Å². The lowest BCUT2D eigenvalue weighted by molar-refractivity contribution is -0.122. The number of benzene rings is 1. The number of carbonyl (C=O) groups excluding carboxylic acids is 1. The summed E-state index contributed by atoms with van der Waals surface area (Å²) in [4.78, 5) is 11.1. The molecule has 0 heterocycles. The highest BCUT2D eigenvalue weighted by molar-refractivity contribution is 7.92. The Morgan fingerprint density at radius 3 is 2.19 bits per heavy atom. The number of Topliss-reactive ketones (excluding diaryl/α,β-unsaturated/α-hetero) is 1. The molecule has 0 amide bonds. The first-order valence-corrected chi connectivity index (χ1v) is 6.34. The number of hydrogen-bond acceptors (Lipinski definition) is 4. The van der Waals surface area contributed by atoms with E-state index >= 15 is 0 Å².